The number of nitrogens with zero attached hydrogens (tertiary/aromatic N) is 3. The molecule has 4 rings (SSSR count). The number of benzene rings is 3. The topological polar surface area (TPSA) is 107 Å². The molecule has 10 heteroatoms. The van der Waals surface area contributed by atoms with Gasteiger partial charge in [-0.05, 0) is 62.2 Å². The predicted octanol–water partition coefficient (Wildman–Crippen LogP) is 6.96. The summed E-state index contributed by atoms with van der Waals surface area (Å²) in [5.74, 6) is 0.616. The van der Waals surface area contributed by atoms with Gasteiger partial charge < -0.3 is 14.9 Å². The van der Waals surface area contributed by atoms with Crippen LogP contribution in [-0.2, 0) is 14.4 Å². The lowest BCUT2D eigenvalue weighted by molar-refractivity contribution is -0.121. The zero-order valence-corrected chi connectivity index (χ0v) is 24.6. The molecular weight excluding hydrogens is 542 g/mol. The van der Waals surface area contributed by atoms with E-state index in [2.05, 4.69) is 27.2 Å². The quantitative estimate of drug-likeness (QED) is 0.0861. The number of fused-ring (bicyclic) bond motifs is 1. The highest BCUT2D eigenvalue weighted by Gasteiger charge is 2.22. The summed E-state index contributed by atoms with van der Waals surface area (Å²) in [7, 11) is 0. The number of aromatic nitrogens is 3. The van der Waals surface area contributed by atoms with Gasteiger partial charge in [0.15, 0.2) is 5.78 Å². The molecule has 0 unspecified atom stereocenters. The Hall–Kier alpha value is -4.37. The van der Waals surface area contributed by atoms with E-state index in [0.717, 1.165) is 11.3 Å². The number of nitrogens with one attached hydrogen (secondary N) is 2. The summed E-state index contributed by atoms with van der Waals surface area (Å²) in [6.07, 6.45) is 2.21. The summed E-state index contributed by atoms with van der Waals surface area (Å²) in [4.78, 5) is 31.3. The van der Waals surface area contributed by atoms with Gasteiger partial charge in [0.25, 0.3) is 5.88 Å². The number of allylic oxidation sites excluding steroid dienone is 1. The van der Waals surface area contributed by atoms with E-state index in [0.29, 0.717) is 40.5 Å². The average Bonchev–Trinajstić information content (AvgIpc) is 3.35. The van der Waals surface area contributed by atoms with E-state index in [4.69, 9.17) is 21.2 Å². The molecule has 1 heterocycles. The van der Waals surface area contributed by atoms with Gasteiger partial charge in [0.1, 0.15) is 11.3 Å². The Morgan fingerprint density at radius 2 is 1.83 bits per heavy atom. The van der Waals surface area contributed by atoms with Crippen molar-refractivity contribution >= 4 is 51.6 Å². The Labute approximate surface area is 244 Å². The van der Waals surface area contributed by atoms with Gasteiger partial charge in [0.05, 0.1) is 22.8 Å². The van der Waals surface area contributed by atoms with Crippen LogP contribution in [0.2, 0.25) is 5.02 Å². The molecule has 0 radical (unpaired) electrons. The molecule has 0 aliphatic carbocycles. The molecule has 41 heavy (non-hydrogen) atoms. The van der Waals surface area contributed by atoms with Gasteiger partial charge in [-0.25, -0.2) is 5.48 Å². The summed E-state index contributed by atoms with van der Waals surface area (Å²) in [5.41, 5.74) is 6.63. The molecule has 3 aromatic carbocycles. The fourth-order valence-corrected chi connectivity index (χ4v) is 4.04. The van der Waals surface area contributed by atoms with E-state index < -0.39 is 5.41 Å². The van der Waals surface area contributed by atoms with Crippen molar-refractivity contribution in [3.05, 3.63) is 82.9 Å². The SMILES string of the molecule is Cc1ccc(OCCCC(=O)Nc2ccc(Cl)c(NO/C(=C/C(=O)C(C)(C)C)n3nnc4ccccc43)c2)c(C)c1. The highest BCUT2D eigenvalue weighted by molar-refractivity contribution is 6.33. The standard InChI is InChI=1S/C31H34ClN5O4/c1-20-12-15-27(21(2)17-20)40-16-8-11-29(39)33-22-13-14-23(32)25(18-22)35-41-30(19-28(38)31(3,4)5)37-26-10-7-6-9-24(26)34-36-37/h6-7,9-10,12-15,17-19,35H,8,11,16H2,1-5H3,(H,33,39)/b30-19+. The molecule has 0 saturated carbocycles. The van der Waals surface area contributed by atoms with Crippen molar-refractivity contribution in [2.45, 2.75) is 47.5 Å². The minimum Gasteiger partial charge on any atom is -0.493 e. The van der Waals surface area contributed by atoms with Crippen LogP contribution in [0.3, 0.4) is 0 Å². The molecule has 0 spiro atoms. The molecule has 0 saturated heterocycles. The summed E-state index contributed by atoms with van der Waals surface area (Å²) in [5, 5.41) is 11.6. The second kappa shape index (κ2) is 12.9. The Morgan fingerprint density at radius 1 is 1.05 bits per heavy atom. The Balaban J connectivity index is 1.41. The van der Waals surface area contributed by atoms with Gasteiger partial charge in [0.2, 0.25) is 5.91 Å². The molecule has 2 N–H and O–H groups in total. The number of anilines is 2. The first-order valence-corrected chi connectivity index (χ1v) is 13.7. The Kier molecular flexibility index (Phi) is 9.29. The van der Waals surface area contributed by atoms with Gasteiger partial charge in [-0.3, -0.25) is 9.59 Å². The molecule has 0 atom stereocenters. The van der Waals surface area contributed by atoms with E-state index in [9.17, 15) is 9.59 Å². The van der Waals surface area contributed by atoms with Crippen molar-refractivity contribution in [2.75, 3.05) is 17.4 Å². The van der Waals surface area contributed by atoms with Crippen molar-refractivity contribution in [2.24, 2.45) is 5.41 Å². The summed E-state index contributed by atoms with van der Waals surface area (Å²) < 4.78 is 7.26. The minimum atomic E-state index is -0.642. The van der Waals surface area contributed by atoms with E-state index in [-0.39, 0.29) is 24.0 Å². The number of para-hydroxylation sites is 1. The van der Waals surface area contributed by atoms with Crippen molar-refractivity contribution in [3.8, 4) is 5.75 Å². The van der Waals surface area contributed by atoms with Gasteiger partial charge in [0, 0.05) is 23.6 Å². The zero-order valence-electron chi connectivity index (χ0n) is 23.8. The predicted molar refractivity (Wildman–Crippen MR) is 162 cm³/mol. The number of carbonyl (C=O) groups is 2. The summed E-state index contributed by atoms with van der Waals surface area (Å²) in [6.45, 7) is 9.91. The first-order valence-electron chi connectivity index (χ1n) is 13.3. The molecule has 1 aromatic heterocycles. The normalized spacial score (nSPS) is 11.8. The first-order chi connectivity index (χ1) is 19.5. The third-order valence-electron chi connectivity index (χ3n) is 6.21. The maximum absolute atomic E-state index is 12.9. The molecule has 0 aliphatic heterocycles. The number of ether oxygens (including phenoxy) is 1. The van der Waals surface area contributed by atoms with Crippen LogP contribution < -0.4 is 15.5 Å². The molecule has 1 amide bonds. The number of halogens is 1. The van der Waals surface area contributed by atoms with Crippen molar-refractivity contribution in [1.29, 1.82) is 0 Å². The number of hydrogen-bond donors (Lipinski definition) is 2. The Morgan fingerprint density at radius 3 is 2.59 bits per heavy atom. The van der Waals surface area contributed by atoms with Gasteiger partial charge >= 0.3 is 0 Å². The molecular formula is C31H34ClN5O4. The van der Waals surface area contributed by atoms with Crippen LogP contribution in [0.15, 0.2) is 66.7 Å². The van der Waals surface area contributed by atoms with Crippen LogP contribution in [-0.4, -0.2) is 33.3 Å². The molecule has 0 bridgehead atoms. The fourth-order valence-electron chi connectivity index (χ4n) is 3.88. The van der Waals surface area contributed by atoms with Gasteiger partial charge in [-0.2, -0.15) is 4.68 Å². The van der Waals surface area contributed by atoms with Gasteiger partial charge in [-0.15, -0.1) is 5.10 Å². The van der Waals surface area contributed by atoms with Crippen LogP contribution in [0.4, 0.5) is 11.4 Å². The average molecular weight is 576 g/mol. The lowest BCUT2D eigenvalue weighted by Crippen LogP contribution is -2.20. The first kappa shape index (κ1) is 29.6. The maximum Gasteiger partial charge on any atom is 0.252 e. The minimum absolute atomic E-state index is 0.118. The van der Waals surface area contributed by atoms with Crippen molar-refractivity contribution in [1.82, 2.24) is 15.0 Å². The molecule has 214 valence electrons. The third-order valence-corrected chi connectivity index (χ3v) is 6.54. The molecule has 0 aliphatic rings. The molecule has 9 nitrogen and oxygen atoms in total. The second-order valence-corrected chi connectivity index (χ2v) is 11.2. The van der Waals surface area contributed by atoms with E-state index in [1.807, 2.05) is 71.0 Å². The maximum atomic E-state index is 12.9. The van der Waals surface area contributed by atoms with E-state index in [1.165, 1.54) is 16.3 Å². The summed E-state index contributed by atoms with van der Waals surface area (Å²) in [6, 6.07) is 18.3. The lowest BCUT2D eigenvalue weighted by Gasteiger charge is -2.17. The van der Waals surface area contributed by atoms with Crippen LogP contribution in [0.5, 0.6) is 5.75 Å². The monoisotopic (exact) mass is 575 g/mol. The number of aryl methyl sites for hydroxylation is 2. The fraction of sp³-hybridized carbons (Fsp3) is 0.290. The Bertz CT molecular complexity index is 1590. The smallest absolute Gasteiger partial charge is 0.252 e. The van der Waals surface area contributed by atoms with Crippen LogP contribution in [0, 0.1) is 19.3 Å². The summed E-state index contributed by atoms with van der Waals surface area (Å²) >= 11 is 6.40. The van der Waals surface area contributed by atoms with Crippen molar-refractivity contribution in [3.63, 3.8) is 0 Å². The second-order valence-electron chi connectivity index (χ2n) is 10.8. The lowest BCUT2D eigenvalue weighted by atomic mass is 9.91. The number of carbonyl (C=O) groups excluding carboxylic acids is 2. The largest absolute Gasteiger partial charge is 0.493 e. The highest BCUT2D eigenvalue weighted by Crippen LogP contribution is 2.28. The number of rotatable bonds is 11. The van der Waals surface area contributed by atoms with Crippen molar-refractivity contribution < 1.29 is 19.2 Å². The van der Waals surface area contributed by atoms with Gasteiger partial charge in [-0.1, -0.05) is 67.4 Å². The number of hydrogen-bond acceptors (Lipinski definition) is 7. The highest BCUT2D eigenvalue weighted by atomic mass is 35.5. The number of ketones is 1. The van der Waals surface area contributed by atoms with E-state index in [1.54, 1.807) is 18.2 Å². The van der Waals surface area contributed by atoms with Crippen LogP contribution >= 0.6 is 11.6 Å². The molecule has 0 fully saturated rings. The van der Waals surface area contributed by atoms with Crippen LogP contribution in [0.1, 0.15) is 44.7 Å². The van der Waals surface area contributed by atoms with Crippen LogP contribution in [0.25, 0.3) is 16.9 Å². The van der Waals surface area contributed by atoms with E-state index >= 15 is 0 Å². The molecule has 4 aromatic rings. The third kappa shape index (κ3) is 7.85. The zero-order chi connectivity index (χ0) is 29.6. The number of amides is 1.